The summed E-state index contributed by atoms with van der Waals surface area (Å²) in [6, 6.07) is -0.0991. The molecule has 0 saturated carbocycles. The van der Waals surface area contributed by atoms with Crippen molar-refractivity contribution in [2.24, 2.45) is 0 Å². The SMILES string of the molecule is CCC(C)N(CCOC)C(=O)N1CCCC1CC(=O)O. The zero-order valence-electron chi connectivity index (χ0n) is 12.7. The standard InChI is InChI=1S/C14H26N2O4/c1-4-11(2)15(8-9-20-3)14(19)16-7-5-6-12(16)10-13(17)18/h11-12H,4-10H2,1-3H3,(H,17,18). The number of carbonyl (C=O) groups excluding carboxylic acids is 1. The molecule has 1 aliphatic rings. The van der Waals surface area contributed by atoms with Gasteiger partial charge in [0.05, 0.1) is 13.0 Å². The third-order valence-corrected chi connectivity index (χ3v) is 3.94. The predicted octanol–water partition coefficient (Wildman–Crippen LogP) is 1.79. The molecule has 6 heteroatoms. The number of nitrogens with zero attached hydrogens (tertiary/aromatic N) is 2. The van der Waals surface area contributed by atoms with Crippen molar-refractivity contribution in [1.29, 1.82) is 0 Å². The summed E-state index contributed by atoms with van der Waals surface area (Å²) in [5, 5.41) is 8.94. The maximum Gasteiger partial charge on any atom is 0.320 e. The number of urea groups is 1. The Labute approximate surface area is 120 Å². The number of carboxylic acid groups (broad SMARTS) is 1. The Balaban J connectivity index is 2.73. The minimum Gasteiger partial charge on any atom is -0.481 e. The fourth-order valence-electron chi connectivity index (χ4n) is 2.58. The van der Waals surface area contributed by atoms with Crippen LogP contribution in [0.15, 0.2) is 0 Å². The molecular formula is C14H26N2O4. The summed E-state index contributed by atoms with van der Waals surface area (Å²) >= 11 is 0. The zero-order chi connectivity index (χ0) is 15.1. The Morgan fingerprint density at radius 2 is 2.20 bits per heavy atom. The van der Waals surface area contributed by atoms with Crippen molar-refractivity contribution in [2.75, 3.05) is 26.8 Å². The van der Waals surface area contributed by atoms with Crippen LogP contribution in [-0.4, -0.2) is 65.8 Å². The molecule has 1 saturated heterocycles. The van der Waals surface area contributed by atoms with E-state index in [1.54, 1.807) is 16.9 Å². The number of methoxy groups -OCH3 is 1. The van der Waals surface area contributed by atoms with Crippen molar-refractivity contribution < 1.29 is 19.4 Å². The summed E-state index contributed by atoms with van der Waals surface area (Å²) in [6.45, 7) is 5.73. The number of carbonyl (C=O) groups is 2. The van der Waals surface area contributed by atoms with E-state index in [0.717, 1.165) is 19.3 Å². The molecule has 1 rings (SSSR count). The highest BCUT2D eigenvalue weighted by Gasteiger charge is 2.34. The Bertz CT molecular complexity index is 335. The minimum atomic E-state index is -0.846. The van der Waals surface area contributed by atoms with Crippen LogP contribution >= 0.6 is 0 Å². The summed E-state index contributed by atoms with van der Waals surface area (Å²) in [4.78, 5) is 27.0. The second kappa shape index (κ2) is 8.09. The molecule has 2 unspecified atom stereocenters. The van der Waals surface area contributed by atoms with Gasteiger partial charge in [0.1, 0.15) is 0 Å². The van der Waals surface area contributed by atoms with Gasteiger partial charge < -0.3 is 19.6 Å². The van der Waals surface area contributed by atoms with E-state index < -0.39 is 5.97 Å². The molecule has 1 fully saturated rings. The number of rotatable bonds is 7. The van der Waals surface area contributed by atoms with Gasteiger partial charge >= 0.3 is 12.0 Å². The van der Waals surface area contributed by atoms with Gasteiger partial charge in [-0.3, -0.25) is 4.79 Å². The van der Waals surface area contributed by atoms with Crippen LogP contribution in [0.3, 0.4) is 0 Å². The van der Waals surface area contributed by atoms with Crippen LogP contribution in [0.25, 0.3) is 0 Å². The molecule has 1 aliphatic heterocycles. The second-order valence-corrected chi connectivity index (χ2v) is 5.31. The highest BCUT2D eigenvalue weighted by Crippen LogP contribution is 2.22. The van der Waals surface area contributed by atoms with Crippen LogP contribution in [-0.2, 0) is 9.53 Å². The van der Waals surface area contributed by atoms with Gasteiger partial charge in [0.2, 0.25) is 0 Å². The number of carboxylic acids is 1. The first kappa shape index (κ1) is 16.8. The van der Waals surface area contributed by atoms with Crippen molar-refractivity contribution in [1.82, 2.24) is 9.80 Å². The number of likely N-dealkylation sites (tertiary alicyclic amines) is 1. The Hall–Kier alpha value is -1.30. The Morgan fingerprint density at radius 3 is 2.75 bits per heavy atom. The Morgan fingerprint density at radius 1 is 1.50 bits per heavy atom. The second-order valence-electron chi connectivity index (χ2n) is 5.31. The summed E-state index contributed by atoms with van der Waals surface area (Å²) < 4.78 is 5.06. The number of amides is 2. The minimum absolute atomic E-state index is 0.0321. The third-order valence-electron chi connectivity index (χ3n) is 3.94. The van der Waals surface area contributed by atoms with E-state index in [2.05, 4.69) is 0 Å². The van der Waals surface area contributed by atoms with Crippen molar-refractivity contribution in [3.05, 3.63) is 0 Å². The average molecular weight is 286 g/mol. The molecule has 0 spiro atoms. The maximum atomic E-state index is 12.6. The van der Waals surface area contributed by atoms with Crippen LogP contribution in [0.5, 0.6) is 0 Å². The van der Waals surface area contributed by atoms with E-state index in [1.165, 1.54) is 0 Å². The van der Waals surface area contributed by atoms with Gasteiger partial charge in [-0.15, -0.1) is 0 Å². The summed E-state index contributed by atoms with van der Waals surface area (Å²) in [7, 11) is 1.61. The molecule has 0 aromatic carbocycles. The molecule has 0 aromatic heterocycles. The molecule has 20 heavy (non-hydrogen) atoms. The third kappa shape index (κ3) is 4.37. The summed E-state index contributed by atoms with van der Waals surface area (Å²) in [6.07, 6.45) is 2.55. The average Bonchev–Trinajstić information content (AvgIpc) is 2.85. The van der Waals surface area contributed by atoms with Crippen LogP contribution in [0.4, 0.5) is 4.79 Å². The quantitative estimate of drug-likeness (QED) is 0.774. The van der Waals surface area contributed by atoms with E-state index in [1.807, 2.05) is 13.8 Å². The number of hydrogen-bond acceptors (Lipinski definition) is 3. The zero-order valence-corrected chi connectivity index (χ0v) is 12.7. The highest BCUT2D eigenvalue weighted by atomic mass is 16.5. The molecule has 1 heterocycles. The topological polar surface area (TPSA) is 70.1 Å². The van der Waals surface area contributed by atoms with Gasteiger partial charge in [-0.1, -0.05) is 6.92 Å². The van der Waals surface area contributed by atoms with Crippen molar-refractivity contribution in [3.8, 4) is 0 Å². The smallest absolute Gasteiger partial charge is 0.320 e. The molecule has 0 aliphatic carbocycles. The van der Waals surface area contributed by atoms with Gasteiger partial charge in [-0.05, 0) is 26.2 Å². The van der Waals surface area contributed by atoms with E-state index in [0.29, 0.717) is 19.7 Å². The first-order valence-electron chi connectivity index (χ1n) is 7.29. The van der Waals surface area contributed by atoms with Crippen molar-refractivity contribution in [2.45, 2.75) is 51.6 Å². The number of ether oxygens (including phenoxy) is 1. The number of hydrogen-bond donors (Lipinski definition) is 1. The lowest BCUT2D eigenvalue weighted by Crippen LogP contribution is -2.50. The first-order chi connectivity index (χ1) is 9.51. The highest BCUT2D eigenvalue weighted by molar-refractivity contribution is 5.77. The normalized spacial score (nSPS) is 19.9. The van der Waals surface area contributed by atoms with Crippen LogP contribution in [0, 0.1) is 0 Å². The predicted molar refractivity (Wildman–Crippen MR) is 75.7 cm³/mol. The fourth-order valence-corrected chi connectivity index (χ4v) is 2.58. The number of aliphatic carboxylic acids is 1. The lowest BCUT2D eigenvalue weighted by atomic mass is 10.1. The Kier molecular flexibility index (Phi) is 6.78. The lowest BCUT2D eigenvalue weighted by Gasteiger charge is -2.34. The van der Waals surface area contributed by atoms with Crippen molar-refractivity contribution in [3.63, 3.8) is 0 Å². The summed E-state index contributed by atoms with van der Waals surface area (Å²) in [5.41, 5.74) is 0. The molecule has 116 valence electrons. The first-order valence-corrected chi connectivity index (χ1v) is 7.29. The van der Waals surface area contributed by atoms with Crippen LogP contribution in [0.2, 0.25) is 0 Å². The molecule has 6 nitrogen and oxygen atoms in total. The molecule has 2 atom stereocenters. The molecular weight excluding hydrogens is 260 g/mol. The monoisotopic (exact) mass is 286 g/mol. The molecule has 0 radical (unpaired) electrons. The maximum absolute atomic E-state index is 12.6. The van der Waals surface area contributed by atoms with Gasteiger partial charge in [0, 0.05) is 32.3 Å². The van der Waals surface area contributed by atoms with Gasteiger partial charge in [0.15, 0.2) is 0 Å². The summed E-state index contributed by atoms with van der Waals surface area (Å²) in [5.74, 6) is -0.846. The molecule has 1 N–H and O–H groups in total. The lowest BCUT2D eigenvalue weighted by molar-refractivity contribution is -0.138. The van der Waals surface area contributed by atoms with Crippen molar-refractivity contribution >= 4 is 12.0 Å². The molecule has 0 bridgehead atoms. The van der Waals surface area contributed by atoms with Gasteiger partial charge in [-0.2, -0.15) is 0 Å². The van der Waals surface area contributed by atoms with Crippen LogP contribution in [0.1, 0.15) is 39.5 Å². The molecule has 2 amide bonds. The fraction of sp³-hybridized carbons (Fsp3) is 0.857. The van der Waals surface area contributed by atoms with Crippen LogP contribution < -0.4 is 0 Å². The van der Waals surface area contributed by atoms with E-state index in [-0.39, 0.29) is 24.5 Å². The molecule has 0 aromatic rings. The van der Waals surface area contributed by atoms with Gasteiger partial charge in [0.25, 0.3) is 0 Å². The van der Waals surface area contributed by atoms with E-state index in [9.17, 15) is 9.59 Å². The van der Waals surface area contributed by atoms with E-state index >= 15 is 0 Å². The largest absolute Gasteiger partial charge is 0.481 e. The van der Waals surface area contributed by atoms with Gasteiger partial charge in [-0.25, -0.2) is 4.79 Å². The van der Waals surface area contributed by atoms with E-state index in [4.69, 9.17) is 9.84 Å².